The molecule has 0 atom stereocenters. The van der Waals surface area contributed by atoms with E-state index in [2.05, 4.69) is 15.8 Å². The molecule has 0 spiro atoms. The molecule has 0 heterocycles. The molecule has 0 bridgehead atoms. The minimum absolute atomic E-state index is 0.296. The number of anilines is 1. The van der Waals surface area contributed by atoms with Gasteiger partial charge in [-0.2, -0.15) is 5.10 Å². The molecule has 3 aromatic carbocycles. The third kappa shape index (κ3) is 7.07. The van der Waals surface area contributed by atoms with Gasteiger partial charge in [0.2, 0.25) is 0 Å². The van der Waals surface area contributed by atoms with Gasteiger partial charge in [0.25, 0.3) is 0 Å². The van der Waals surface area contributed by atoms with Crippen molar-refractivity contribution in [2.24, 2.45) is 5.10 Å². The lowest BCUT2D eigenvalue weighted by Gasteiger charge is -2.09. The van der Waals surface area contributed by atoms with Gasteiger partial charge in [-0.25, -0.2) is 10.2 Å². The van der Waals surface area contributed by atoms with Crippen LogP contribution in [0.2, 0.25) is 0 Å². The van der Waals surface area contributed by atoms with Crippen LogP contribution in [0.15, 0.2) is 71.8 Å². The molecule has 3 aromatic rings. The molecule has 0 radical (unpaired) electrons. The van der Waals surface area contributed by atoms with E-state index in [1.165, 1.54) is 26.5 Å². The quantitative estimate of drug-likeness (QED) is 0.155. The molecule has 0 aliphatic carbocycles. The predicted octanol–water partition coefficient (Wildman–Crippen LogP) is 3.41. The van der Waals surface area contributed by atoms with E-state index in [9.17, 15) is 14.4 Å². The minimum Gasteiger partial charge on any atom is -0.494 e. The number of amides is 2. The summed E-state index contributed by atoms with van der Waals surface area (Å²) in [5, 5.41) is 6.25. The summed E-state index contributed by atoms with van der Waals surface area (Å²) in [5.41, 5.74) is 3.50. The first-order valence-electron chi connectivity index (χ1n) is 10.8. The Morgan fingerprint density at radius 3 is 2.14 bits per heavy atom. The molecule has 36 heavy (non-hydrogen) atoms. The van der Waals surface area contributed by atoms with Gasteiger partial charge in [-0.3, -0.25) is 9.59 Å². The lowest BCUT2D eigenvalue weighted by molar-refractivity contribution is -0.136. The van der Waals surface area contributed by atoms with E-state index in [-0.39, 0.29) is 0 Å². The fourth-order valence-electron chi connectivity index (χ4n) is 2.96. The van der Waals surface area contributed by atoms with Gasteiger partial charge in [-0.1, -0.05) is 0 Å². The van der Waals surface area contributed by atoms with E-state index in [0.29, 0.717) is 46.4 Å². The van der Waals surface area contributed by atoms with Gasteiger partial charge < -0.3 is 24.3 Å². The number of nitrogens with one attached hydrogen (secondary N) is 2. The summed E-state index contributed by atoms with van der Waals surface area (Å²) < 4.78 is 21.1. The van der Waals surface area contributed by atoms with Gasteiger partial charge in [0, 0.05) is 5.69 Å². The van der Waals surface area contributed by atoms with Crippen LogP contribution in [0, 0.1) is 0 Å². The zero-order chi connectivity index (χ0) is 25.9. The smallest absolute Gasteiger partial charge is 0.343 e. The van der Waals surface area contributed by atoms with Crippen LogP contribution < -0.4 is 29.7 Å². The Morgan fingerprint density at radius 2 is 1.50 bits per heavy atom. The summed E-state index contributed by atoms with van der Waals surface area (Å²) in [6.45, 7) is 2.39. The molecular formula is C26H25N3O7. The van der Waals surface area contributed by atoms with Gasteiger partial charge in [0.1, 0.15) is 11.5 Å². The molecular weight excluding hydrogens is 466 g/mol. The highest BCUT2D eigenvalue weighted by Gasteiger charge is 2.14. The van der Waals surface area contributed by atoms with E-state index in [1.54, 1.807) is 60.7 Å². The average molecular weight is 492 g/mol. The summed E-state index contributed by atoms with van der Waals surface area (Å²) in [6.07, 6.45) is 1.35. The molecule has 0 aliphatic rings. The summed E-state index contributed by atoms with van der Waals surface area (Å²) in [6, 6.07) is 17.7. The fourth-order valence-corrected chi connectivity index (χ4v) is 2.96. The van der Waals surface area contributed by atoms with Crippen molar-refractivity contribution in [3.05, 3.63) is 77.9 Å². The Morgan fingerprint density at radius 1 is 0.833 bits per heavy atom. The maximum absolute atomic E-state index is 12.4. The number of hydrogen-bond acceptors (Lipinski definition) is 8. The molecule has 186 valence electrons. The predicted molar refractivity (Wildman–Crippen MR) is 133 cm³/mol. The SMILES string of the molecule is CCOc1ccc(NC(=O)C(=O)N/N=C/c2ccc(OC(=O)c3ccc(OC)c(OC)c3)cc2)cc1. The van der Waals surface area contributed by atoms with Crippen LogP contribution in [0.3, 0.4) is 0 Å². The summed E-state index contributed by atoms with van der Waals surface area (Å²) >= 11 is 0. The van der Waals surface area contributed by atoms with Crippen LogP contribution in [0.25, 0.3) is 0 Å². The first-order valence-corrected chi connectivity index (χ1v) is 10.8. The minimum atomic E-state index is -0.930. The third-order valence-corrected chi connectivity index (χ3v) is 4.72. The third-order valence-electron chi connectivity index (χ3n) is 4.72. The second-order valence-electron chi connectivity index (χ2n) is 7.14. The largest absolute Gasteiger partial charge is 0.494 e. The maximum Gasteiger partial charge on any atom is 0.343 e. The fraction of sp³-hybridized carbons (Fsp3) is 0.154. The van der Waals surface area contributed by atoms with Crippen LogP contribution >= 0.6 is 0 Å². The summed E-state index contributed by atoms with van der Waals surface area (Å²) in [4.78, 5) is 36.4. The van der Waals surface area contributed by atoms with Crippen LogP contribution in [0.4, 0.5) is 5.69 Å². The lowest BCUT2D eigenvalue weighted by atomic mass is 10.2. The van der Waals surface area contributed by atoms with Crippen LogP contribution in [0.5, 0.6) is 23.0 Å². The molecule has 10 nitrogen and oxygen atoms in total. The normalized spacial score (nSPS) is 10.4. The van der Waals surface area contributed by atoms with Gasteiger partial charge >= 0.3 is 17.8 Å². The number of carbonyl (C=O) groups is 3. The Hall–Kier alpha value is -4.86. The molecule has 3 rings (SSSR count). The van der Waals surface area contributed by atoms with E-state index < -0.39 is 17.8 Å². The van der Waals surface area contributed by atoms with Crippen molar-refractivity contribution in [3.8, 4) is 23.0 Å². The summed E-state index contributed by atoms with van der Waals surface area (Å²) in [7, 11) is 2.98. The number of methoxy groups -OCH3 is 2. The Labute approximate surface area is 207 Å². The summed E-state index contributed by atoms with van der Waals surface area (Å²) in [5.74, 6) is -0.485. The number of carbonyl (C=O) groups excluding carboxylic acids is 3. The van der Waals surface area contributed by atoms with Gasteiger partial charge in [0.05, 0.1) is 32.6 Å². The van der Waals surface area contributed by atoms with Crippen LogP contribution in [-0.4, -0.2) is 44.8 Å². The van der Waals surface area contributed by atoms with Gasteiger partial charge in [-0.05, 0) is 79.2 Å². The van der Waals surface area contributed by atoms with E-state index >= 15 is 0 Å². The van der Waals surface area contributed by atoms with Crippen molar-refractivity contribution in [2.75, 3.05) is 26.1 Å². The first kappa shape index (κ1) is 25.8. The van der Waals surface area contributed by atoms with Crippen molar-refractivity contribution in [2.45, 2.75) is 6.92 Å². The van der Waals surface area contributed by atoms with Crippen molar-refractivity contribution in [3.63, 3.8) is 0 Å². The van der Waals surface area contributed by atoms with Crippen LogP contribution in [0.1, 0.15) is 22.8 Å². The second kappa shape index (κ2) is 12.6. The molecule has 0 saturated heterocycles. The highest BCUT2D eigenvalue weighted by molar-refractivity contribution is 6.39. The molecule has 0 aliphatic heterocycles. The standard InChI is InChI=1S/C26H25N3O7/c1-4-35-20-12-8-19(9-13-20)28-24(30)25(31)29-27-16-17-5-10-21(11-6-17)36-26(32)18-7-14-22(33-2)23(15-18)34-3/h5-16H,4H2,1-3H3,(H,28,30)(H,29,31)/b27-16+. The Bertz CT molecular complexity index is 1240. The molecule has 2 N–H and O–H groups in total. The van der Waals surface area contributed by atoms with Gasteiger partial charge in [0.15, 0.2) is 11.5 Å². The molecule has 2 amide bonds. The van der Waals surface area contributed by atoms with E-state index in [0.717, 1.165) is 0 Å². The van der Waals surface area contributed by atoms with Crippen molar-refractivity contribution < 1.29 is 33.3 Å². The lowest BCUT2D eigenvalue weighted by Crippen LogP contribution is -2.32. The molecule has 0 unspecified atom stereocenters. The van der Waals surface area contributed by atoms with Crippen molar-refractivity contribution >= 4 is 29.7 Å². The monoisotopic (exact) mass is 491 g/mol. The zero-order valence-electron chi connectivity index (χ0n) is 19.9. The highest BCUT2D eigenvalue weighted by atomic mass is 16.5. The Balaban J connectivity index is 1.50. The van der Waals surface area contributed by atoms with Crippen LogP contribution in [-0.2, 0) is 9.59 Å². The number of hydrazone groups is 1. The maximum atomic E-state index is 12.4. The second-order valence-corrected chi connectivity index (χ2v) is 7.14. The van der Waals surface area contributed by atoms with Gasteiger partial charge in [-0.15, -0.1) is 0 Å². The van der Waals surface area contributed by atoms with E-state index in [4.69, 9.17) is 18.9 Å². The number of ether oxygens (including phenoxy) is 4. The number of rotatable bonds is 9. The number of esters is 1. The van der Waals surface area contributed by atoms with Crippen molar-refractivity contribution in [1.82, 2.24) is 5.43 Å². The average Bonchev–Trinajstić information content (AvgIpc) is 2.90. The Kier molecular flexibility index (Phi) is 8.99. The topological polar surface area (TPSA) is 125 Å². The van der Waals surface area contributed by atoms with Crippen molar-refractivity contribution in [1.29, 1.82) is 0 Å². The number of hydrogen-bond donors (Lipinski definition) is 2. The molecule has 0 aromatic heterocycles. The molecule has 10 heteroatoms. The number of nitrogens with zero attached hydrogens (tertiary/aromatic N) is 1. The molecule has 0 fully saturated rings. The molecule has 0 saturated carbocycles. The zero-order valence-corrected chi connectivity index (χ0v) is 19.9. The number of benzene rings is 3. The van der Waals surface area contributed by atoms with E-state index in [1.807, 2.05) is 6.92 Å². The first-order chi connectivity index (χ1) is 17.4. The highest BCUT2D eigenvalue weighted by Crippen LogP contribution is 2.28.